The molecule has 2 saturated heterocycles. The van der Waals surface area contributed by atoms with Crippen molar-refractivity contribution >= 4 is 27.3 Å². The number of hydrogen-bond acceptors (Lipinski definition) is 6. The Kier molecular flexibility index (Phi) is 18.3. The molecule has 0 radical (unpaired) electrons. The molecule has 0 aliphatic carbocycles. The van der Waals surface area contributed by atoms with Gasteiger partial charge in [0.25, 0.3) is 0 Å². The second-order valence-corrected chi connectivity index (χ2v) is 12.1. The van der Waals surface area contributed by atoms with Gasteiger partial charge in [-0.15, -0.1) is 24.2 Å². The summed E-state index contributed by atoms with van der Waals surface area (Å²) >= 11 is 1.83. The quantitative estimate of drug-likeness (QED) is 0.193. The van der Waals surface area contributed by atoms with Gasteiger partial charge >= 0.3 is 0 Å². The third-order valence-electron chi connectivity index (χ3n) is 8.17. The van der Waals surface area contributed by atoms with Crippen molar-refractivity contribution in [3.8, 4) is 40.5 Å². The Labute approximate surface area is 287 Å². The number of carbonyl (C=O) groups excluding carboxylic acids is 1. The van der Waals surface area contributed by atoms with E-state index in [1.54, 1.807) is 0 Å². The molecule has 2 aliphatic rings. The molecule has 11 heteroatoms. The monoisotopic (exact) mass is 682 g/mol. The highest BCUT2D eigenvalue weighted by Crippen LogP contribution is 2.42. The number of hydrogen-bond donors (Lipinski definition) is 0. The van der Waals surface area contributed by atoms with Crippen molar-refractivity contribution in [3.05, 3.63) is 77.9 Å². The van der Waals surface area contributed by atoms with Crippen LogP contribution in [0.1, 0.15) is 43.7 Å². The Hall–Kier alpha value is -4.15. The van der Waals surface area contributed by atoms with Gasteiger partial charge < -0.3 is 41.0 Å². The lowest BCUT2D eigenvalue weighted by atomic mass is 9.98. The van der Waals surface area contributed by atoms with Crippen LogP contribution in [-0.4, -0.2) is 90.2 Å². The topological polar surface area (TPSA) is 177 Å². The number of thiophene rings is 1. The van der Waals surface area contributed by atoms with E-state index in [-0.39, 0.29) is 27.8 Å². The normalized spacial score (nSPS) is 13.6. The molecule has 8 N–H and O–H groups in total. The predicted molar refractivity (Wildman–Crippen MR) is 195 cm³/mol. The molecule has 2 aliphatic heterocycles. The smallest absolute Gasteiger partial charge is 0.222 e. The molecule has 0 atom stereocenters. The molecule has 3 heterocycles. The lowest BCUT2D eigenvalue weighted by Gasteiger charge is -2.17. The zero-order chi connectivity index (χ0) is 30.7. The van der Waals surface area contributed by atoms with Gasteiger partial charge in [0.15, 0.2) is 11.5 Å². The first-order chi connectivity index (χ1) is 21.7. The summed E-state index contributed by atoms with van der Waals surface area (Å²) in [7, 11) is 0. The minimum absolute atomic E-state index is 0. The first-order valence-corrected chi connectivity index (χ1v) is 16.4. The molecule has 10 nitrogen and oxygen atoms in total. The molecule has 2 fully saturated rings. The Morgan fingerprint density at radius 1 is 0.771 bits per heavy atom. The molecule has 0 saturated carbocycles. The van der Waals surface area contributed by atoms with Gasteiger partial charge in [-0.05, 0) is 104 Å². The number of amides is 1. The largest absolute Gasteiger partial charge is 0.492 e. The molecule has 262 valence electrons. The zero-order valence-corrected chi connectivity index (χ0v) is 28.5. The van der Waals surface area contributed by atoms with Crippen LogP contribution in [0.4, 0.5) is 0 Å². The molecule has 0 unspecified atom stereocenters. The number of nitrogens with zero attached hydrogens (tertiary/aromatic N) is 2. The molecular weight excluding hydrogens is 632 g/mol. The zero-order valence-electron chi connectivity index (χ0n) is 27.6. The van der Waals surface area contributed by atoms with Gasteiger partial charge in [-0.1, -0.05) is 30.3 Å². The van der Waals surface area contributed by atoms with Crippen molar-refractivity contribution in [2.75, 3.05) is 52.5 Å². The standard InChI is InChI=1S/C35H40N2O4S.C2H2.4H2O/c1-2-39-32-25-27(13-16-31(32)41-22-20-36-17-5-6-18-36)35-30(29-8-3-4-9-33(29)42-35)24-26-11-14-28(15-12-26)40-23-21-37-19-7-10-34(37)38;1-2;;;;/h3-4,8-9,11-16,25H,2,5-7,10,17-24H2,1H3;1-2H;4*1H2. The summed E-state index contributed by atoms with van der Waals surface area (Å²) in [5.74, 6) is 2.69. The number of benzene rings is 3. The lowest BCUT2D eigenvalue weighted by Crippen LogP contribution is -2.29. The number of likely N-dealkylation sites (tertiary alicyclic amines) is 2. The number of rotatable bonds is 13. The number of carbonyl (C=O) groups is 1. The number of fused-ring (bicyclic) bond motifs is 1. The Morgan fingerprint density at radius 3 is 2.17 bits per heavy atom. The first-order valence-electron chi connectivity index (χ1n) is 15.6. The van der Waals surface area contributed by atoms with Crippen LogP contribution in [0.5, 0.6) is 17.2 Å². The van der Waals surface area contributed by atoms with Gasteiger partial charge in [0.2, 0.25) is 5.91 Å². The van der Waals surface area contributed by atoms with Gasteiger partial charge in [0.1, 0.15) is 19.0 Å². The SMILES string of the molecule is C#C.CCOc1cc(-c2sc3ccccc3c2Cc2ccc(OCCN3CCCC3=O)cc2)ccc1OCCN1CCCC1.O.O.O.O. The summed E-state index contributed by atoms with van der Waals surface area (Å²) in [6, 6.07) is 23.4. The van der Waals surface area contributed by atoms with Gasteiger partial charge in [-0.3, -0.25) is 9.69 Å². The van der Waals surface area contributed by atoms with E-state index in [9.17, 15) is 4.79 Å². The number of terminal acetylenes is 1. The van der Waals surface area contributed by atoms with Crippen LogP contribution in [0.15, 0.2) is 66.7 Å². The summed E-state index contributed by atoms with van der Waals surface area (Å²) < 4.78 is 19.5. The summed E-state index contributed by atoms with van der Waals surface area (Å²) in [6.07, 6.45) is 13.0. The fourth-order valence-corrected chi connectivity index (χ4v) is 7.17. The minimum Gasteiger partial charge on any atom is -0.492 e. The average Bonchev–Trinajstić information content (AvgIpc) is 3.81. The fraction of sp³-hybridized carbons (Fsp3) is 0.378. The molecule has 6 rings (SSSR count). The predicted octanol–water partition coefficient (Wildman–Crippen LogP) is 3.98. The van der Waals surface area contributed by atoms with Crippen molar-refractivity contribution in [3.63, 3.8) is 0 Å². The van der Waals surface area contributed by atoms with Crippen molar-refractivity contribution in [2.45, 2.75) is 39.0 Å². The van der Waals surface area contributed by atoms with Crippen molar-refractivity contribution in [1.82, 2.24) is 9.80 Å². The van der Waals surface area contributed by atoms with Crippen molar-refractivity contribution < 1.29 is 40.9 Å². The van der Waals surface area contributed by atoms with Gasteiger partial charge in [0, 0.05) is 29.1 Å². The van der Waals surface area contributed by atoms with E-state index < -0.39 is 0 Å². The maximum atomic E-state index is 11.8. The molecule has 1 amide bonds. The highest BCUT2D eigenvalue weighted by atomic mass is 32.1. The third kappa shape index (κ3) is 10.4. The fourth-order valence-electron chi connectivity index (χ4n) is 5.96. The van der Waals surface area contributed by atoms with Gasteiger partial charge in [-0.25, -0.2) is 0 Å². The maximum absolute atomic E-state index is 11.8. The van der Waals surface area contributed by atoms with Gasteiger partial charge in [0.05, 0.1) is 13.2 Å². The molecule has 4 aromatic rings. The van der Waals surface area contributed by atoms with Crippen LogP contribution in [0.2, 0.25) is 0 Å². The molecule has 0 bridgehead atoms. The summed E-state index contributed by atoms with van der Waals surface area (Å²) in [5, 5.41) is 1.29. The summed E-state index contributed by atoms with van der Waals surface area (Å²) in [5.41, 5.74) is 3.70. The molecular formula is C37H50N2O8S. The van der Waals surface area contributed by atoms with Gasteiger partial charge in [-0.2, -0.15) is 0 Å². The number of ether oxygens (including phenoxy) is 3. The van der Waals surface area contributed by atoms with E-state index in [1.165, 1.54) is 52.0 Å². The van der Waals surface area contributed by atoms with Crippen molar-refractivity contribution in [2.24, 2.45) is 0 Å². The summed E-state index contributed by atoms with van der Waals surface area (Å²) in [4.78, 5) is 17.5. The van der Waals surface area contributed by atoms with E-state index >= 15 is 0 Å². The molecule has 48 heavy (non-hydrogen) atoms. The molecule has 1 aromatic heterocycles. The summed E-state index contributed by atoms with van der Waals surface area (Å²) in [6.45, 7) is 8.59. The third-order valence-corrected chi connectivity index (χ3v) is 9.44. The van der Waals surface area contributed by atoms with E-state index in [0.717, 1.165) is 48.7 Å². The second-order valence-electron chi connectivity index (χ2n) is 11.1. The maximum Gasteiger partial charge on any atom is 0.222 e. The van der Waals surface area contributed by atoms with Crippen LogP contribution in [0.3, 0.4) is 0 Å². The Morgan fingerprint density at radius 2 is 1.48 bits per heavy atom. The van der Waals surface area contributed by atoms with Crippen LogP contribution in [-0.2, 0) is 11.2 Å². The van der Waals surface area contributed by atoms with E-state index in [2.05, 4.69) is 72.3 Å². The van der Waals surface area contributed by atoms with Crippen LogP contribution >= 0.6 is 11.3 Å². The Balaban J connectivity index is 0.00000189. The van der Waals surface area contributed by atoms with Crippen molar-refractivity contribution in [1.29, 1.82) is 0 Å². The minimum atomic E-state index is 0. The second kappa shape index (κ2) is 21.0. The van der Waals surface area contributed by atoms with Crippen LogP contribution in [0.25, 0.3) is 20.5 Å². The van der Waals surface area contributed by atoms with E-state index in [1.807, 2.05) is 35.3 Å². The highest BCUT2D eigenvalue weighted by Gasteiger charge is 2.20. The molecule has 3 aromatic carbocycles. The Bertz CT molecular complexity index is 1550. The highest BCUT2D eigenvalue weighted by molar-refractivity contribution is 7.22. The average molecular weight is 683 g/mol. The first kappa shape index (κ1) is 41.9. The van der Waals surface area contributed by atoms with E-state index in [4.69, 9.17) is 14.2 Å². The molecule has 0 spiro atoms. The lowest BCUT2D eigenvalue weighted by molar-refractivity contribution is -0.128. The van der Waals surface area contributed by atoms with Crippen LogP contribution in [0, 0.1) is 12.8 Å². The van der Waals surface area contributed by atoms with Crippen LogP contribution < -0.4 is 14.2 Å². The van der Waals surface area contributed by atoms with E-state index in [0.29, 0.717) is 32.8 Å².